The van der Waals surface area contributed by atoms with Crippen LogP contribution in [0.3, 0.4) is 0 Å². The molecule has 21 heavy (non-hydrogen) atoms. The van der Waals surface area contributed by atoms with E-state index in [1.165, 1.54) is 7.11 Å². The molecule has 0 unspecified atom stereocenters. The summed E-state index contributed by atoms with van der Waals surface area (Å²) >= 11 is 6.23. The molecule has 0 aliphatic heterocycles. The van der Waals surface area contributed by atoms with Crippen molar-refractivity contribution in [3.63, 3.8) is 0 Å². The summed E-state index contributed by atoms with van der Waals surface area (Å²) in [5.74, 6) is 1.11. The molecule has 1 rings (SSSR count). The van der Waals surface area contributed by atoms with Crippen LogP contribution in [0.1, 0.15) is 45.0 Å². The molecule has 0 heterocycles. The molecule has 0 aromatic heterocycles. The van der Waals surface area contributed by atoms with Crippen LogP contribution in [0.2, 0.25) is 5.02 Å². The van der Waals surface area contributed by atoms with Gasteiger partial charge >= 0.3 is 0 Å². The molecule has 0 fully saturated rings. The Bertz CT molecular complexity index is 507. The van der Waals surface area contributed by atoms with Gasteiger partial charge in [-0.3, -0.25) is 4.79 Å². The van der Waals surface area contributed by atoms with Gasteiger partial charge in [-0.25, -0.2) is 0 Å². The van der Waals surface area contributed by atoms with Crippen molar-refractivity contribution >= 4 is 17.5 Å². The lowest BCUT2D eigenvalue weighted by Crippen LogP contribution is -2.40. The van der Waals surface area contributed by atoms with Crippen LogP contribution in [0.15, 0.2) is 12.1 Å². The zero-order valence-electron chi connectivity index (χ0n) is 13.5. The Morgan fingerprint density at radius 2 is 1.95 bits per heavy atom. The molecular weight excluding hydrogens is 290 g/mol. The van der Waals surface area contributed by atoms with Gasteiger partial charge in [0.1, 0.15) is 0 Å². The molecule has 4 nitrogen and oxygen atoms in total. The minimum atomic E-state index is -0.316. The fourth-order valence-electron chi connectivity index (χ4n) is 1.65. The number of methoxy groups -OCH3 is 1. The molecule has 0 saturated carbocycles. The van der Waals surface area contributed by atoms with Crippen molar-refractivity contribution in [3.05, 3.63) is 22.7 Å². The molecule has 0 aliphatic carbocycles. The first-order valence-corrected chi connectivity index (χ1v) is 7.34. The van der Waals surface area contributed by atoms with Gasteiger partial charge in [0.2, 0.25) is 0 Å². The predicted molar refractivity (Wildman–Crippen MR) is 85.6 cm³/mol. The Labute approximate surface area is 131 Å². The highest BCUT2D eigenvalue weighted by atomic mass is 35.5. The summed E-state index contributed by atoms with van der Waals surface area (Å²) in [4.78, 5) is 12.2. The van der Waals surface area contributed by atoms with E-state index in [9.17, 15) is 4.79 Å². The number of halogens is 1. The molecule has 0 radical (unpaired) electrons. The number of benzene rings is 1. The lowest BCUT2D eigenvalue weighted by atomic mass is 10.1. The van der Waals surface area contributed by atoms with E-state index in [-0.39, 0.29) is 11.4 Å². The molecule has 0 atom stereocenters. The van der Waals surface area contributed by atoms with Gasteiger partial charge in [0.15, 0.2) is 11.5 Å². The van der Waals surface area contributed by atoms with Crippen molar-refractivity contribution in [1.29, 1.82) is 0 Å². The lowest BCUT2D eigenvalue weighted by molar-refractivity contribution is 0.0919. The number of hydrogen-bond donors (Lipinski definition) is 1. The summed E-state index contributed by atoms with van der Waals surface area (Å²) in [5.41, 5.74) is 0.132. The van der Waals surface area contributed by atoms with Crippen LogP contribution in [0, 0.1) is 5.92 Å². The van der Waals surface area contributed by atoms with E-state index < -0.39 is 0 Å². The highest BCUT2D eigenvalue weighted by molar-refractivity contribution is 6.32. The van der Waals surface area contributed by atoms with Crippen LogP contribution in [0.25, 0.3) is 0 Å². The highest BCUT2D eigenvalue weighted by Gasteiger charge is 2.19. The van der Waals surface area contributed by atoms with E-state index >= 15 is 0 Å². The molecule has 0 saturated heterocycles. The molecule has 0 bridgehead atoms. The topological polar surface area (TPSA) is 47.6 Å². The summed E-state index contributed by atoms with van der Waals surface area (Å²) in [5, 5.41) is 3.26. The third kappa shape index (κ3) is 5.46. The van der Waals surface area contributed by atoms with E-state index in [1.54, 1.807) is 12.1 Å². The fourth-order valence-corrected chi connectivity index (χ4v) is 1.92. The van der Waals surface area contributed by atoms with Crippen molar-refractivity contribution in [2.24, 2.45) is 5.92 Å². The van der Waals surface area contributed by atoms with Gasteiger partial charge in [0.25, 0.3) is 5.91 Å². The largest absolute Gasteiger partial charge is 0.493 e. The van der Waals surface area contributed by atoms with Gasteiger partial charge in [0.05, 0.1) is 18.7 Å². The number of rotatable bonds is 5. The van der Waals surface area contributed by atoms with Crippen LogP contribution in [0.4, 0.5) is 0 Å². The van der Waals surface area contributed by atoms with Crippen LogP contribution in [-0.4, -0.2) is 25.2 Å². The number of hydrogen-bond acceptors (Lipinski definition) is 3. The fraction of sp³-hybridized carbons (Fsp3) is 0.562. The molecule has 1 amide bonds. The number of ether oxygens (including phenoxy) is 2. The lowest BCUT2D eigenvalue weighted by Gasteiger charge is -2.21. The second-order valence-corrected chi connectivity index (χ2v) is 6.81. The first-order chi connectivity index (χ1) is 9.64. The standard InChI is InChI=1S/C16H24ClNO3/c1-10(2)9-21-14-12(17)7-11(8-13(14)20-6)15(19)18-16(3,4)5/h7-8,10H,9H2,1-6H3,(H,18,19). The van der Waals surface area contributed by atoms with Crippen molar-refractivity contribution < 1.29 is 14.3 Å². The normalized spacial score (nSPS) is 11.4. The molecule has 1 aromatic rings. The van der Waals surface area contributed by atoms with Gasteiger partial charge in [-0.2, -0.15) is 0 Å². The van der Waals surface area contributed by atoms with Crippen molar-refractivity contribution in [1.82, 2.24) is 5.32 Å². The molecule has 0 spiro atoms. The van der Waals surface area contributed by atoms with Crippen LogP contribution in [0.5, 0.6) is 11.5 Å². The van der Waals surface area contributed by atoms with Crippen LogP contribution in [-0.2, 0) is 0 Å². The Balaban J connectivity index is 3.05. The molecule has 1 aromatic carbocycles. The number of nitrogens with one attached hydrogen (secondary N) is 1. The Kier molecular flexibility index (Phi) is 5.90. The van der Waals surface area contributed by atoms with Crippen molar-refractivity contribution in [2.75, 3.05) is 13.7 Å². The second-order valence-electron chi connectivity index (χ2n) is 6.40. The molecule has 5 heteroatoms. The zero-order valence-corrected chi connectivity index (χ0v) is 14.3. The van der Waals surface area contributed by atoms with Crippen molar-refractivity contribution in [2.45, 2.75) is 40.2 Å². The molecule has 118 valence electrons. The summed E-state index contributed by atoms with van der Waals surface area (Å²) in [7, 11) is 1.53. The first kappa shape index (κ1) is 17.6. The van der Waals surface area contributed by atoms with Crippen molar-refractivity contribution in [3.8, 4) is 11.5 Å². The average molecular weight is 314 g/mol. The van der Waals surface area contributed by atoms with E-state index in [1.807, 2.05) is 34.6 Å². The highest BCUT2D eigenvalue weighted by Crippen LogP contribution is 2.36. The molecular formula is C16H24ClNO3. The third-order valence-corrected chi connectivity index (χ3v) is 2.82. The smallest absolute Gasteiger partial charge is 0.251 e. The maximum Gasteiger partial charge on any atom is 0.251 e. The number of amides is 1. The number of carbonyl (C=O) groups excluding carboxylic acids is 1. The molecule has 1 N–H and O–H groups in total. The third-order valence-electron chi connectivity index (χ3n) is 2.54. The summed E-state index contributed by atoms with van der Waals surface area (Å²) in [6.45, 7) is 10.4. The Morgan fingerprint density at radius 1 is 1.33 bits per heavy atom. The SMILES string of the molecule is COc1cc(C(=O)NC(C)(C)C)cc(Cl)c1OCC(C)C. The second kappa shape index (κ2) is 7.03. The van der Waals surface area contributed by atoms with Gasteiger partial charge in [0, 0.05) is 11.1 Å². The maximum atomic E-state index is 12.2. The minimum absolute atomic E-state index is 0.196. The zero-order chi connectivity index (χ0) is 16.2. The minimum Gasteiger partial charge on any atom is -0.493 e. The van der Waals surface area contributed by atoms with E-state index in [4.69, 9.17) is 21.1 Å². The average Bonchev–Trinajstić information content (AvgIpc) is 2.34. The predicted octanol–water partition coefficient (Wildman–Crippen LogP) is 3.91. The quantitative estimate of drug-likeness (QED) is 0.896. The Morgan fingerprint density at radius 3 is 2.43 bits per heavy atom. The maximum absolute atomic E-state index is 12.2. The van der Waals surface area contributed by atoms with Gasteiger partial charge in [-0.05, 0) is 38.8 Å². The Hall–Kier alpha value is -1.42. The summed E-state index contributed by atoms with van der Waals surface area (Å²) in [6.07, 6.45) is 0. The van der Waals surface area contributed by atoms with Gasteiger partial charge in [-0.1, -0.05) is 25.4 Å². The van der Waals surface area contributed by atoms with Crippen LogP contribution < -0.4 is 14.8 Å². The van der Waals surface area contributed by atoms with Gasteiger partial charge in [-0.15, -0.1) is 0 Å². The van der Waals surface area contributed by atoms with Gasteiger partial charge < -0.3 is 14.8 Å². The van der Waals surface area contributed by atoms with E-state index in [0.717, 1.165) is 0 Å². The number of carbonyl (C=O) groups is 1. The van der Waals surface area contributed by atoms with E-state index in [0.29, 0.717) is 34.6 Å². The van der Waals surface area contributed by atoms with Crippen LogP contribution >= 0.6 is 11.6 Å². The summed E-state index contributed by atoms with van der Waals surface area (Å²) < 4.78 is 11.0. The van der Waals surface area contributed by atoms with E-state index in [2.05, 4.69) is 5.32 Å². The first-order valence-electron chi connectivity index (χ1n) is 6.97. The summed E-state index contributed by atoms with van der Waals surface area (Å²) in [6, 6.07) is 3.24. The monoisotopic (exact) mass is 313 g/mol. The molecule has 0 aliphatic rings.